The van der Waals surface area contributed by atoms with Crippen molar-refractivity contribution in [1.82, 2.24) is 10.2 Å². The number of anilines is 1. The number of benzene rings is 1. The number of carbonyl (C=O) groups excluding carboxylic acids is 2. The van der Waals surface area contributed by atoms with Crippen molar-refractivity contribution >= 4 is 23.5 Å². The molecule has 2 heterocycles. The Kier molecular flexibility index (Phi) is 5.57. The van der Waals surface area contributed by atoms with Crippen LogP contribution in [0.3, 0.4) is 0 Å². The van der Waals surface area contributed by atoms with E-state index in [0.717, 1.165) is 0 Å². The molecule has 0 unspecified atom stereocenters. The van der Waals surface area contributed by atoms with Crippen molar-refractivity contribution in [3.8, 4) is 11.5 Å². The number of aliphatic imine (C=N–C) groups is 1. The van der Waals surface area contributed by atoms with E-state index in [9.17, 15) is 9.59 Å². The maximum absolute atomic E-state index is 12.6. The molecule has 3 rings (SSSR count). The molecule has 1 atom stereocenters. The lowest BCUT2D eigenvalue weighted by Crippen LogP contribution is -2.53. The van der Waals surface area contributed by atoms with E-state index in [4.69, 9.17) is 14.2 Å². The van der Waals surface area contributed by atoms with Crippen LogP contribution in [0.25, 0.3) is 0 Å². The SMILES string of the molecule is COc1ccc(NC(=O)[C@@H]2CC(=O)NC(N3CCOCC3)=N2)c(OC)c1. The van der Waals surface area contributed by atoms with Gasteiger partial charge in [0.25, 0.3) is 0 Å². The van der Waals surface area contributed by atoms with Crippen LogP contribution in [-0.4, -0.2) is 69.2 Å². The summed E-state index contributed by atoms with van der Waals surface area (Å²) in [6, 6.07) is 4.28. The normalized spacial score (nSPS) is 20.1. The van der Waals surface area contributed by atoms with Crippen LogP contribution < -0.4 is 20.1 Å². The van der Waals surface area contributed by atoms with Crippen LogP contribution >= 0.6 is 0 Å². The predicted molar refractivity (Wildman–Crippen MR) is 94.6 cm³/mol. The Morgan fingerprint density at radius 2 is 2.08 bits per heavy atom. The van der Waals surface area contributed by atoms with Crippen LogP contribution in [-0.2, 0) is 14.3 Å². The molecule has 0 spiro atoms. The summed E-state index contributed by atoms with van der Waals surface area (Å²) in [4.78, 5) is 31.0. The van der Waals surface area contributed by atoms with E-state index in [1.54, 1.807) is 25.3 Å². The monoisotopic (exact) mass is 362 g/mol. The van der Waals surface area contributed by atoms with Gasteiger partial charge in [-0.05, 0) is 12.1 Å². The van der Waals surface area contributed by atoms with Gasteiger partial charge in [0.2, 0.25) is 17.8 Å². The van der Waals surface area contributed by atoms with Gasteiger partial charge in [0.15, 0.2) is 0 Å². The van der Waals surface area contributed by atoms with Gasteiger partial charge in [-0.1, -0.05) is 0 Å². The molecule has 1 aromatic carbocycles. The maximum atomic E-state index is 12.6. The fourth-order valence-electron chi connectivity index (χ4n) is 2.78. The van der Waals surface area contributed by atoms with Crippen molar-refractivity contribution < 1.29 is 23.8 Å². The van der Waals surface area contributed by atoms with Crippen LogP contribution in [0, 0.1) is 0 Å². The molecule has 0 saturated carbocycles. The van der Waals surface area contributed by atoms with Crippen LogP contribution in [0.2, 0.25) is 0 Å². The molecule has 2 N–H and O–H groups in total. The van der Waals surface area contributed by atoms with Crippen molar-refractivity contribution in [1.29, 1.82) is 0 Å². The summed E-state index contributed by atoms with van der Waals surface area (Å²) < 4.78 is 15.7. The summed E-state index contributed by atoms with van der Waals surface area (Å²) >= 11 is 0. The number of guanidine groups is 1. The van der Waals surface area contributed by atoms with Crippen molar-refractivity contribution in [2.75, 3.05) is 45.8 Å². The summed E-state index contributed by atoms with van der Waals surface area (Å²) in [5.74, 6) is 0.906. The van der Waals surface area contributed by atoms with Gasteiger partial charge in [-0.2, -0.15) is 0 Å². The standard InChI is InChI=1S/C17H22N4O5/c1-24-11-3-4-12(14(9-11)25-2)18-16(23)13-10-15(22)20-17(19-13)21-5-7-26-8-6-21/h3-4,9,13H,5-8,10H2,1-2H3,(H,18,23)(H,19,20,22)/t13-/m0/s1. The number of carbonyl (C=O) groups is 2. The van der Waals surface area contributed by atoms with Crippen LogP contribution in [0.5, 0.6) is 11.5 Å². The first-order chi connectivity index (χ1) is 12.6. The number of rotatable bonds is 4. The van der Waals surface area contributed by atoms with E-state index < -0.39 is 6.04 Å². The van der Waals surface area contributed by atoms with E-state index in [2.05, 4.69) is 15.6 Å². The van der Waals surface area contributed by atoms with Crippen LogP contribution in [0.4, 0.5) is 5.69 Å². The third-order valence-electron chi connectivity index (χ3n) is 4.19. The Bertz CT molecular complexity index is 715. The van der Waals surface area contributed by atoms with E-state index in [1.165, 1.54) is 7.11 Å². The minimum absolute atomic E-state index is 0.00184. The Morgan fingerprint density at radius 1 is 1.31 bits per heavy atom. The zero-order valence-corrected chi connectivity index (χ0v) is 14.8. The number of amides is 2. The quantitative estimate of drug-likeness (QED) is 0.795. The largest absolute Gasteiger partial charge is 0.497 e. The summed E-state index contributed by atoms with van der Waals surface area (Å²) in [6.07, 6.45) is -0.00184. The number of methoxy groups -OCH3 is 2. The average molecular weight is 362 g/mol. The van der Waals surface area contributed by atoms with Crippen molar-refractivity contribution in [3.05, 3.63) is 18.2 Å². The number of hydrogen-bond acceptors (Lipinski definition) is 7. The summed E-state index contributed by atoms with van der Waals surface area (Å²) in [5, 5.41) is 5.51. The molecule has 9 nitrogen and oxygen atoms in total. The summed E-state index contributed by atoms with van der Waals surface area (Å²) in [6.45, 7) is 2.38. The van der Waals surface area contributed by atoms with Gasteiger partial charge in [0, 0.05) is 19.2 Å². The first kappa shape index (κ1) is 18.0. The van der Waals surface area contributed by atoms with E-state index in [-0.39, 0.29) is 18.2 Å². The van der Waals surface area contributed by atoms with Crippen molar-refractivity contribution in [2.45, 2.75) is 12.5 Å². The third kappa shape index (κ3) is 4.05. The Morgan fingerprint density at radius 3 is 2.77 bits per heavy atom. The second-order valence-electron chi connectivity index (χ2n) is 5.88. The first-order valence-corrected chi connectivity index (χ1v) is 8.34. The van der Waals surface area contributed by atoms with Crippen LogP contribution in [0.1, 0.15) is 6.42 Å². The Labute approximate surface area is 151 Å². The molecule has 140 valence electrons. The molecule has 0 radical (unpaired) electrons. The van der Waals surface area contributed by atoms with Crippen molar-refractivity contribution in [3.63, 3.8) is 0 Å². The average Bonchev–Trinajstić information content (AvgIpc) is 2.68. The number of ether oxygens (including phenoxy) is 3. The smallest absolute Gasteiger partial charge is 0.249 e. The van der Waals surface area contributed by atoms with Gasteiger partial charge >= 0.3 is 0 Å². The summed E-state index contributed by atoms with van der Waals surface area (Å²) in [7, 11) is 3.06. The first-order valence-electron chi connectivity index (χ1n) is 8.34. The fraction of sp³-hybridized carbons (Fsp3) is 0.471. The lowest BCUT2D eigenvalue weighted by Gasteiger charge is -2.32. The Balaban J connectivity index is 1.75. The molecular formula is C17H22N4O5. The van der Waals surface area contributed by atoms with Gasteiger partial charge < -0.3 is 24.4 Å². The van der Waals surface area contributed by atoms with Gasteiger partial charge in [-0.3, -0.25) is 14.9 Å². The number of nitrogens with zero attached hydrogens (tertiary/aromatic N) is 2. The number of morpholine rings is 1. The van der Waals surface area contributed by atoms with Crippen LogP contribution in [0.15, 0.2) is 23.2 Å². The minimum atomic E-state index is -0.798. The van der Waals surface area contributed by atoms with Gasteiger partial charge in [0.05, 0.1) is 39.5 Å². The number of nitrogens with one attached hydrogen (secondary N) is 2. The molecule has 2 amide bonds. The lowest BCUT2D eigenvalue weighted by atomic mass is 10.1. The topological polar surface area (TPSA) is 101 Å². The van der Waals surface area contributed by atoms with E-state index in [0.29, 0.717) is 49.4 Å². The zero-order valence-electron chi connectivity index (χ0n) is 14.8. The number of hydrogen-bond donors (Lipinski definition) is 2. The summed E-state index contributed by atoms with van der Waals surface area (Å²) in [5.41, 5.74) is 0.493. The van der Waals surface area contributed by atoms with Gasteiger partial charge in [-0.15, -0.1) is 0 Å². The fourth-order valence-corrected chi connectivity index (χ4v) is 2.78. The molecule has 1 saturated heterocycles. The molecule has 0 bridgehead atoms. The molecule has 0 aliphatic carbocycles. The van der Waals surface area contributed by atoms with Gasteiger partial charge in [-0.25, -0.2) is 4.99 Å². The van der Waals surface area contributed by atoms with Crippen molar-refractivity contribution in [2.24, 2.45) is 4.99 Å². The highest BCUT2D eigenvalue weighted by atomic mass is 16.5. The molecule has 9 heteroatoms. The third-order valence-corrected chi connectivity index (χ3v) is 4.19. The molecule has 1 fully saturated rings. The zero-order chi connectivity index (χ0) is 18.5. The van der Waals surface area contributed by atoms with Gasteiger partial charge in [0.1, 0.15) is 17.5 Å². The molecule has 2 aliphatic rings. The highest BCUT2D eigenvalue weighted by Gasteiger charge is 2.30. The second-order valence-corrected chi connectivity index (χ2v) is 5.88. The molecule has 2 aliphatic heterocycles. The second kappa shape index (κ2) is 8.05. The molecule has 26 heavy (non-hydrogen) atoms. The molecule has 0 aromatic heterocycles. The van der Waals surface area contributed by atoms with E-state index >= 15 is 0 Å². The predicted octanol–water partition coefficient (Wildman–Crippen LogP) is 0.219. The molecule has 1 aromatic rings. The van der Waals surface area contributed by atoms with E-state index in [1.807, 2.05) is 4.90 Å². The highest BCUT2D eigenvalue weighted by molar-refractivity contribution is 6.06. The lowest BCUT2D eigenvalue weighted by molar-refractivity contribution is -0.125. The maximum Gasteiger partial charge on any atom is 0.249 e. The minimum Gasteiger partial charge on any atom is -0.497 e. The molecular weight excluding hydrogens is 340 g/mol. The highest BCUT2D eigenvalue weighted by Crippen LogP contribution is 2.29. The Hall–Kier alpha value is -2.81.